The van der Waals surface area contributed by atoms with Crippen LogP contribution in [0.5, 0.6) is 0 Å². The molecule has 0 aromatic carbocycles. The van der Waals surface area contributed by atoms with Gasteiger partial charge in [-0.2, -0.15) is 0 Å². The summed E-state index contributed by atoms with van der Waals surface area (Å²) in [6, 6.07) is 0. The zero-order valence-corrected chi connectivity index (χ0v) is 12.6. The topological polar surface area (TPSA) is 85.1 Å². The van der Waals surface area contributed by atoms with Crippen molar-refractivity contribution >= 4 is 11.8 Å². The number of aliphatic hydroxyl groups excluding tert-OH is 1. The Labute approximate surface area is 118 Å². The Hall–Kier alpha value is -0.700. The van der Waals surface area contributed by atoms with Crippen molar-refractivity contribution in [2.75, 3.05) is 32.1 Å². The Morgan fingerprint density at radius 2 is 2.16 bits per heavy atom. The first-order chi connectivity index (χ1) is 9.03. The number of tetrazole rings is 1. The van der Waals surface area contributed by atoms with Gasteiger partial charge in [-0.3, -0.25) is 0 Å². The lowest BCUT2D eigenvalue weighted by Crippen LogP contribution is -2.38. The quantitative estimate of drug-likeness (QED) is 0.495. The third-order valence-electron chi connectivity index (χ3n) is 2.17. The van der Waals surface area contributed by atoms with Gasteiger partial charge in [0.1, 0.15) is 0 Å². The molecule has 0 atom stereocenters. The van der Waals surface area contributed by atoms with Crippen LogP contribution < -0.4 is 5.32 Å². The summed E-state index contributed by atoms with van der Waals surface area (Å²) in [5.41, 5.74) is 0.0967. The van der Waals surface area contributed by atoms with E-state index in [-0.39, 0.29) is 12.1 Å². The zero-order valence-electron chi connectivity index (χ0n) is 11.8. The van der Waals surface area contributed by atoms with Crippen molar-refractivity contribution in [3.63, 3.8) is 0 Å². The van der Waals surface area contributed by atoms with E-state index in [1.165, 1.54) is 0 Å². The smallest absolute Gasteiger partial charge is 0.209 e. The molecule has 0 fully saturated rings. The van der Waals surface area contributed by atoms with Crippen LogP contribution in [0.4, 0.5) is 0 Å². The van der Waals surface area contributed by atoms with Crippen molar-refractivity contribution < 1.29 is 9.84 Å². The van der Waals surface area contributed by atoms with Crippen molar-refractivity contribution in [2.45, 2.75) is 38.0 Å². The minimum Gasteiger partial charge on any atom is -0.394 e. The number of aliphatic hydroxyl groups is 1. The SMILES string of the molecule is CC(C)(C)NCCn1nnnc1SCCOCCO. The second-order valence-electron chi connectivity index (χ2n) is 5.05. The Balaban J connectivity index is 2.26. The molecule has 2 N–H and O–H groups in total. The molecule has 8 heteroatoms. The van der Waals surface area contributed by atoms with Gasteiger partial charge in [0.15, 0.2) is 0 Å². The number of aromatic nitrogens is 4. The van der Waals surface area contributed by atoms with Gasteiger partial charge in [-0.1, -0.05) is 11.8 Å². The minimum absolute atomic E-state index is 0.0564. The number of nitrogens with one attached hydrogen (secondary N) is 1. The third-order valence-corrected chi connectivity index (χ3v) is 3.09. The molecule has 0 aliphatic rings. The van der Waals surface area contributed by atoms with Crippen LogP contribution in [-0.4, -0.2) is 63.0 Å². The molecule has 0 aliphatic carbocycles. The van der Waals surface area contributed by atoms with E-state index in [0.29, 0.717) is 13.2 Å². The lowest BCUT2D eigenvalue weighted by molar-refractivity contribution is 0.103. The molecule has 0 amide bonds. The summed E-state index contributed by atoms with van der Waals surface area (Å²) in [5.74, 6) is 0.771. The number of thioether (sulfide) groups is 1. The Morgan fingerprint density at radius 3 is 2.84 bits per heavy atom. The summed E-state index contributed by atoms with van der Waals surface area (Å²) in [5, 5.41) is 24.4. The lowest BCUT2D eigenvalue weighted by atomic mass is 10.1. The number of hydrogen-bond acceptors (Lipinski definition) is 7. The van der Waals surface area contributed by atoms with Gasteiger partial charge in [0.25, 0.3) is 0 Å². The monoisotopic (exact) mass is 289 g/mol. The average molecular weight is 289 g/mol. The van der Waals surface area contributed by atoms with Gasteiger partial charge >= 0.3 is 0 Å². The van der Waals surface area contributed by atoms with E-state index in [9.17, 15) is 0 Å². The maximum atomic E-state index is 8.58. The van der Waals surface area contributed by atoms with E-state index < -0.39 is 0 Å². The van der Waals surface area contributed by atoms with Crippen LogP contribution in [-0.2, 0) is 11.3 Å². The largest absolute Gasteiger partial charge is 0.394 e. The van der Waals surface area contributed by atoms with Crippen LogP contribution in [0.25, 0.3) is 0 Å². The van der Waals surface area contributed by atoms with Crippen LogP contribution in [0.15, 0.2) is 5.16 Å². The lowest BCUT2D eigenvalue weighted by Gasteiger charge is -2.20. The van der Waals surface area contributed by atoms with Crippen LogP contribution >= 0.6 is 11.8 Å². The molecule has 1 heterocycles. The van der Waals surface area contributed by atoms with E-state index in [1.807, 2.05) is 0 Å². The second kappa shape index (κ2) is 8.47. The van der Waals surface area contributed by atoms with Gasteiger partial charge in [0.2, 0.25) is 5.16 Å². The normalized spacial score (nSPS) is 12.0. The van der Waals surface area contributed by atoms with Crippen molar-refractivity contribution in [1.82, 2.24) is 25.5 Å². The molecule has 1 rings (SSSR count). The number of hydrogen-bond donors (Lipinski definition) is 2. The van der Waals surface area contributed by atoms with Gasteiger partial charge < -0.3 is 15.2 Å². The number of ether oxygens (including phenoxy) is 1. The molecule has 0 aliphatic heterocycles. The van der Waals surface area contributed by atoms with E-state index in [2.05, 4.69) is 41.6 Å². The summed E-state index contributed by atoms with van der Waals surface area (Å²) < 4.78 is 6.97. The Bertz CT molecular complexity index is 353. The first-order valence-electron chi connectivity index (χ1n) is 6.35. The molecule has 0 saturated heterocycles. The van der Waals surface area contributed by atoms with E-state index >= 15 is 0 Å². The summed E-state index contributed by atoms with van der Waals surface area (Å²) in [4.78, 5) is 0. The highest BCUT2D eigenvalue weighted by Crippen LogP contribution is 2.12. The van der Waals surface area contributed by atoms with Gasteiger partial charge in [-0.25, -0.2) is 4.68 Å². The average Bonchev–Trinajstić information content (AvgIpc) is 2.75. The fraction of sp³-hybridized carbons (Fsp3) is 0.909. The van der Waals surface area contributed by atoms with Gasteiger partial charge in [-0.15, -0.1) is 5.10 Å². The molecule has 0 radical (unpaired) electrons. The number of nitrogens with zero attached hydrogens (tertiary/aromatic N) is 4. The second-order valence-corrected chi connectivity index (χ2v) is 6.11. The number of rotatable bonds is 9. The standard InChI is InChI=1S/C11H23N5O2S/c1-11(2,3)12-4-5-16-10(13-14-15-16)19-9-8-18-7-6-17/h12,17H,4-9H2,1-3H3. The van der Waals surface area contributed by atoms with Gasteiger partial charge in [0.05, 0.1) is 26.4 Å². The van der Waals surface area contributed by atoms with E-state index in [1.54, 1.807) is 16.4 Å². The fourth-order valence-corrected chi connectivity index (χ4v) is 2.09. The highest BCUT2D eigenvalue weighted by Gasteiger charge is 2.10. The Kier molecular flexibility index (Phi) is 7.29. The first kappa shape index (κ1) is 16.4. The molecular weight excluding hydrogens is 266 g/mol. The highest BCUT2D eigenvalue weighted by molar-refractivity contribution is 7.99. The molecule has 1 aromatic heterocycles. The molecule has 0 saturated carbocycles. The van der Waals surface area contributed by atoms with Crippen molar-refractivity contribution in [2.24, 2.45) is 0 Å². The van der Waals surface area contributed by atoms with Crippen molar-refractivity contribution in [3.05, 3.63) is 0 Å². The predicted octanol–water partition coefficient (Wildman–Crippen LogP) is 0.162. The van der Waals surface area contributed by atoms with Crippen LogP contribution in [0.3, 0.4) is 0 Å². The van der Waals surface area contributed by atoms with Gasteiger partial charge in [0, 0.05) is 17.8 Å². The first-order valence-corrected chi connectivity index (χ1v) is 7.34. The maximum absolute atomic E-state index is 8.58. The fourth-order valence-electron chi connectivity index (χ4n) is 1.34. The molecular formula is C11H23N5O2S. The molecule has 0 spiro atoms. The van der Waals surface area contributed by atoms with Gasteiger partial charge in [-0.05, 0) is 31.2 Å². The van der Waals surface area contributed by atoms with Crippen molar-refractivity contribution in [3.8, 4) is 0 Å². The van der Waals surface area contributed by atoms with Crippen molar-refractivity contribution in [1.29, 1.82) is 0 Å². The van der Waals surface area contributed by atoms with E-state index in [0.717, 1.165) is 24.0 Å². The van der Waals surface area contributed by atoms with Crippen LogP contribution in [0.1, 0.15) is 20.8 Å². The summed E-state index contributed by atoms with van der Waals surface area (Å²) >= 11 is 1.55. The molecule has 0 bridgehead atoms. The maximum Gasteiger partial charge on any atom is 0.209 e. The summed E-state index contributed by atoms with van der Waals surface area (Å²) in [6.07, 6.45) is 0. The molecule has 110 valence electrons. The molecule has 19 heavy (non-hydrogen) atoms. The summed E-state index contributed by atoms with van der Waals surface area (Å²) in [7, 11) is 0. The molecule has 7 nitrogen and oxygen atoms in total. The van der Waals surface area contributed by atoms with Crippen LogP contribution in [0.2, 0.25) is 0 Å². The predicted molar refractivity (Wildman–Crippen MR) is 74.2 cm³/mol. The molecule has 1 aromatic rings. The van der Waals surface area contributed by atoms with Crippen LogP contribution in [0, 0.1) is 0 Å². The third kappa shape index (κ3) is 7.46. The zero-order chi connectivity index (χ0) is 14.1. The van der Waals surface area contributed by atoms with E-state index in [4.69, 9.17) is 9.84 Å². The Morgan fingerprint density at radius 1 is 1.37 bits per heavy atom. The molecule has 0 unspecified atom stereocenters. The summed E-state index contributed by atoms with van der Waals surface area (Å²) in [6.45, 7) is 8.95. The minimum atomic E-state index is 0.0564. The highest BCUT2D eigenvalue weighted by atomic mass is 32.2.